The molecule has 0 spiro atoms. The van der Waals surface area contributed by atoms with Crippen LogP contribution in [0.25, 0.3) is 16.0 Å². The lowest BCUT2D eigenvalue weighted by Crippen LogP contribution is -2.29. The first-order chi connectivity index (χ1) is 18.3. The van der Waals surface area contributed by atoms with Crippen molar-refractivity contribution in [3.8, 4) is 11.5 Å². The molecule has 1 N–H and O–H groups in total. The number of carbonyl (C=O) groups excluding carboxylic acids is 2. The summed E-state index contributed by atoms with van der Waals surface area (Å²) < 4.78 is 11.9. The molecular formula is C30H28N2O5S. The molecule has 1 atom stereocenters. The quantitative estimate of drug-likeness (QED) is 0.173. The number of aliphatic hydroxyl groups is 1. The van der Waals surface area contributed by atoms with Gasteiger partial charge in [0, 0.05) is 5.56 Å². The third-order valence-corrected chi connectivity index (χ3v) is 7.32. The van der Waals surface area contributed by atoms with Crippen molar-refractivity contribution < 1.29 is 24.2 Å². The van der Waals surface area contributed by atoms with Crippen LogP contribution in [0, 0.1) is 12.8 Å². The van der Waals surface area contributed by atoms with Crippen LogP contribution in [0.4, 0.5) is 5.13 Å². The third kappa shape index (κ3) is 4.75. The zero-order valence-electron chi connectivity index (χ0n) is 21.6. The maximum atomic E-state index is 13.5. The average Bonchev–Trinajstić information content (AvgIpc) is 3.44. The van der Waals surface area contributed by atoms with Crippen LogP contribution in [0.5, 0.6) is 11.5 Å². The minimum atomic E-state index is -0.839. The molecule has 1 aromatic heterocycles. The molecule has 0 aliphatic carbocycles. The van der Waals surface area contributed by atoms with E-state index in [1.165, 1.54) is 16.2 Å². The predicted molar refractivity (Wildman–Crippen MR) is 149 cm³/mol. The van der Waals surface area contributed by atoms with Gasteiger partial charge in [-0.25, -0.2) is 4.98 Å². The summed E-state index contributed by atoms with van der Waals surface area (Å²) in [6.45, 7) is 6.63. The minimum absolute atomic E-state index is 0.0216. The summed E-state index contributed by atoms with van der Waals surface area (Å²) in [5.41, 5.74) is 2.81. The Morgan fingerprint density at radius 3 is 2.47 bits per heavy atom. The number of ether oxygens (including phenoxy) is 2. The number of carbonyl (C=O) groups is 2. The van der Waals surface area contributed by atoms with Crippen molar-refractivity contribution in [1.82, 2.24) is 4.98 Å². The Morgan fingerprint density at radius 1 is 1.05 bits per heavy atom. The zero-order chi connectivity index (χ0) is 27.0. The van der Waals surface area contributed by atoms with Crippen molar-refractivity contribution in [1.29, 1.82) is 0 Å². The number of benzene rings is 3. The molecule has 0 saturated carbocycles. The van der Waals surface area contributed by atoms with E-state index in [2.05, 4.69) is 18.8 Å². The number of ketones is 1. The van der Waals surface area contributed by atoms with Crippen molar-refractivity contribution in [2.24, 2.45) is 5.92 Å². The molecule has 1 aliphatic rings. The molecule has 3 aromatic carbocycles. The number of amides is 1. The molecule has 4 aromatic rings. The van der Waals surface area contributed by atoms with E-state index >= 15 is 0 Å². The second-order valence-electron chi connectivity index (χ2n) is 9.64. The molecule has 1 unspecified atom stereocenters. The number of hydrogen-bond acceptors (Lipinski definition) is 7. The molecule has 7 nitrogen and oxygen atoms in total. The van der Waals surface area contributed by atoms with E-state index in [1.807, 2.05) is 43.3 Å². The number of nitrogens with zero attached hydrogens (tertiary/aromatic N) is 2. The topological polar surface area (TPSA) is 89.0 Å². The van der Waals surface area contributed by atoms with Crippen LogP contribution in [-0.4, -0.2) is 35.5 Å². The number of fused-ring (bicyclic) bond motifs is 1. The summed E-state index contributed by atoms with van der Waals surface area (Å²) in [7, 11) is 1.59. The van der Waals surface area contributed by atoms with Crippen molar-refractivity contribution in [3.05, 3.63) is 89.0 Å². The fourth-order valence-corrected chi connectivity index (χ4v) is 5.46. The lowest BCUT2D eigenvalue weighted by atomic mass is 9.94. The molecule has 1 fully saturated rings. The number of aliphatic hydroxyl groups excluding tert-OH is 1. The van der Waals surface area contributed by atoms with Gasteiger partial charge in [0.1, 0.15) is 17.3 Å². The fraction of sp³-hybridized carbons (Fsp3) is 0.233. The fourth-order valence-electron chi connectivity index (χ4n) is 4.44. The van der Waals surface area contributed by atoms with Gasteiger partial charge in [-0.05, 0) is 60.9 Å². The summed E-state index contributed by atoms with van der Waals surface area (Å²) in [5.74, 6) is -0.0267. The van der Waals surface area contributed by atoms with Crippen molar-refractivity contribution in [3.63, 3.8) is 0 Å². The second kappa shape index (κ2) is 10.3. The molecular weight excluding hydrogens is 500 g/mol. The van der Waals surface area contributed by atoms with Crippen molar-refractivity contribution in [2.45, 2.75) is 26.8 Å². The molecule has 38 heavy (non-hydrogen) atoms. The van der Waals surface area contributed by atoms with Crippen molar-refractivity contribution >= 4 is 44.1 Å². The van der Waals surface area contributed by atoms with Gasteiger partial charge in [-0.2, -0.15) is 0 Å². The summed E-state index contributed by atoms with van der Waals surface area (Å²) in [6.07, 6.45) is 0. The first kappa shape index (κ1) is 25.5. The Balaban J connectivity index is 1.62. The lowest BCUT2D eigenvalue weighted by Gasteiger charge is -2.23. The number of thiazole rings is 1. The van der Waals surface area contributed by atoms with E-state index in [-0.39, 0.29) is 11.3 Å². The Morgan fingerprint density at radius 2 is 1.79 bits per heavy atom. The average molecular weight is 529 g/mol. The van der Waals surface area contributed by atoms with Crippen molar-refractivity contribution in [2.75, 3.05) is 18.6 Å². The lowest BCUT2D eigenvalue weighted by molar-refractivity contribution is -0.132. The summed E-state index contributed by atoms with van der Waals surface area (Å²) >= 11 is 1.29. The van der Waals surface area contributed by atoms with Gasteiger partial charge in [0.05, 0.1) is 35.5 Å². The normalized spacial score (nSPS) is 17.0. The van der Waals surface area contributed by atoms with Gasteiger partial charge in [0.15, 0.2) is 5.13 Å². The van der Waals surface area contributed by atoms with E-state index in [1.54, 1.807) is 37.4 Å². The summed E-state index contributed by atoms with van der Waals surface area (Å²) in [5, 5.41) is 11.8. The number of Topliss-reactive ketones (excluding diaryl/α,β-unsaturated/α-hetero) is 1. The predicted octanol–water partition coefficient (Wildman–Crippen LogP) is 6.27. The monoisotopic (exact) mass is 528 g/mol. The molecule has 5 rings (SSSR count). The summed E-state index contributed by atoms with van der Waals surface area (Å²) in [4.78, 5) is 33.0. The van der Waals surface area contributed by atoms with Gasteiger partial charge in [0.25, 0.3) is 5.78 Å². The van der Waals surface area contributed by atoms with Crippen LogP contribution in [0.15, 0.2) is 72.3 Å². The molecule has 1 saturated heterocycles. The molecule has 194 valence electrons. The van der Waals surface area contributed by atoms with Gasteiger partial charge in [-0.3, -0.25) is 14.5 Å². The van der Waals surface area contributed by atoms with E-state index in [0.717, 1.165) is 10.3 Å². The van der Waals surface area contributed by atoms with E-state index in [9.17, 15) is 14.7 Å². The molecule has 1 amide bonds. The van der Waals surface area contributed by atoms with E-state index in [0.29, 0.717) is 45.8 Å². The maximum Gasteiger partial charge on any atom is 0.301 e. The zero-order valence-corrected chi connectivity index (χ0v) is 22.4. The van der Waals surface area contributed by atoms with Gasteiger partial charge in [-0.1, -0.05) is 55.0 Å². The number of aromatic nitrogens is 1. The van der Waals surface area contributed by atoms with Gasteiger partial charge >= 0.3 is 5.91 Å². The number of aryl methyl sites for hydroxylation is 1. The SMILES string of the molecule is COc1ccc2nc(N3C(=O)C(=O)/C(=C(/O)c4ccc(OCC(C)C)cc4)C3c3cccc(C)c3)sc2c1. The smallest absolute Gasteiger partial charge is 0.301 e. The van der Waals surface area contributed by atoms with Crippen LogP contribution < -0.4 is 14.4 Å². The maximum absolute atomic E-state index is 13.5. The number of anilines is 1. The van der Waals surface area contributed by atoms with Gasteiger partial charge in [-0.15, -0.1) is 0 Å². The van der Waals surface area contributed by atoms with Gasteiger partial charge < -0.3 is 14.6 Å². The van der Waals surface area contributed by atoms with Crippen LogP contribution in [-0.2, 0) is 9.59 Å². The Kier molecular flexibility index (Phi) is 6.91. The molecule has 1 aliphatic heterocycles. The number of hydrogen-bond donors (Lipinski definition) is 1. The highest BCUT2D eigenvalue weighted by Gasteiger charge is 2.48. The van der Waals surface area contributed by atoms with Crippen LogP contribution >= 0.6 is 11.3 Å². The number of rotatable bonds is 7. The van der Waals surface area contributed by atoms with Gasteiger partial charge in [0.2, 0.25) is 0 Å². The number of methoxy groups -OCH3 is 1. The molecule has 8 heteroatoms. The highest BCUT2D eigenvalue weighted by Crippen LogP contribution is 2.44. The minimum Gasteiger partial charge on any atom is -0.507 e. The molecule has 0 radical (unpaired) electrons. The molecule has 0 bridgehead atoms. The third-order valence-electron chi connectivity index (χ3n) is 6.30. The summed E-state index contributed by atoms with van der Waals surface area (Å²) in [6, 6.07) is 19.1. The Hall–Kier alpha value is -4.17. The first-order valence-corrected chi connectivity index (χ1v) is 13.1. The van der Waals surface area contributed by atoms with Crippen LogP contribution in [0.1, 0.15) is 36.6 Å². The van der Waals surface area contributed by atoms with Crippen LogP contribution in [0.2, 0.25) is 0 Å². The Labute approximate surface area is 225 Å². The van der Waals surface area contributed by atoms with Crippen LogP contribution in [0.3, 0.4) is 0 Å². The molecule has 2 heterocycles. The largest absolute Gasteiger partial charge is 0.507 e. The van der Waals surface area contributed by atoms with E-state index in [4.69, 9.17) is 9.47 Å². The van der Waals surface area contributed by atoms with E-state index < -0.39 is 17.7 Å². The Bertz CT molecular complexity index is 1550. The highest BCUT2D eigenvalue weighted by molar-refractivity contribution is 7.22. The standard InChI is InChI=1S/C30H28N2O5S/c1-17(2)16-37-21-10-8-19(9-11-21)27(33)25-26(20-7-5-6-18(3)14-20)32(29(35)28(25)34)30-31-23-13-12-22(36-4)15-24(23)38-30/h5-15,17,26,33H,16H2,1-4H3/b27-25+. The highest BCUT2D eigenvalue weighted by atomic mass is 32.1. The second-order valence-corrected chi connectivity index (χ2v) is 10.7. The first-order valence-electron chi connectivity index (χ1n) is 12.3.